The molecular formula is C25H26N6O3. The van der Waals surface area contributed by atoms with Gasteiger partial charge in [0.1, 0.15) is 12.2 Å². The molecule has 4 amide bonds. The van der Waals surface area contributed by atoms with E-state index >= 15 is 0 Å². The number of hydrogen-bond acceptors (Lipinski definition) is 4. The molecule has 1 aromatic heterocycles. The number of anilines is 2. The van der Waals surface area contributed by atoms with Gasteiger partial charge in [-0.3, -0.25) is 14.5 Å². The number of hydrogen-bond donors (Lipinski definition) is 2. The number of hydrazine groups is 1. The zero-order valence-electron chi connectivity index (χ0n) is 19.5. The van der Waals surface area contributed by atoms with Crippen LogP contribution in [0, 0.1) is 13.8 Å². The largest absolute Gasteiger partial charge is 0.344 e. The highest BCUT2D eigenvalue weighted by Crippen LogP contribution is 2.42. The molecule has 1 atom stereocenters. The molecule has 2 aromatic carbocycles. The van der Waals surface area contributed by atoms with Crippen LogP contribution in [-0.2, 0) is 11.8 Å². The zero-order valence-corrected chi connectivity index (χ0v) is 19.5. The second kappa shape index (κ2) is 8.03. The van der Waals surface area contributed by atoms with Gasteiger partial charge in [0.15, 0.2) is 6.29 Å². The zero-order chi connectivity index (χ0) is 24.1. The summed E-state index contributed by atoms with van der Waals surface area (Å²) in [5.41, 5.74) is 8.31. The minimum atomic E-state index is -0.731. The molecule has 3 aromatic rings. The predicted octanol–water partition coefficient (Wildman–Crippen LogP) is 3.06. The SMILES string of the molecule is Cc1cccc(C)c1NC(=O)CN1NC2N(C)C(=O)c3c(c(-c4ccccc4)cn3C)N2C1=O. The van der Waals surface area contributed by atoms with Gasteiger partial charge < -0.3 is 14.8 Å². The summed E-state index contributed by atoms with van der Waals surface area (Å²) in [6, 6.07) is 15.0. The van der Waals surface area contributed by atoms with Gasteiger partial charge >= 0.3 is 6.03 Å². The minimum absolute atomic E-state index is 0.204. The van der Waals surface area contributed by atoms with Crippen molar-refractivity contribution in [2.75, 3.05) is 23.8 Å². The van der Waals surface area contributed by atoms with Crippen molar-refractivity contribution in [3.8, 4) is 11.1 Å². The molecule has 0 bridgehead atoms. The average molecular weight is 459 g/mol. The number of benzene rings is 2. The molecule has 1 fully saturated rings. The van der Waals surface area contributed by atoms with Crippen LogP contribution in [-0.4, -0.2) is 52.2 Å². The Morgan fingerprint density at radius 1 is 1.00 bits per heavy atom. The molecule has 2 N–H and O–H groups in total. The number of carbonyl (C=O) groups is 3. The van der Waals surface area contributed by atoms with E-state index in [0.29, 0.717) is 11.4 Å². The van der Waals surface area contributed by atoms with Crippen LogP contribution in [0.25, 0.3) is 11.1 Å². The second-order valence-corrected chi connectivity index (χ2v) is 8.69. The summed E-state index contributed by atoms with van der Waals surface area (Å²) in [5.74, 6) is -0.535. The normalized spacial score (nSPS) is 17.2. The maximum absolute atomic E-state index is 13.5. The number of rotatable bonds is 4. The molecule has 9 nitrogen and oxygen atoms in total. The van der Waals surface area contributed by atoms with Crippen molar-refractivity contribution in [2.24, 2.45) is 7.05 Å². The molecule has 0 saturated carbocycles. The lowest BCUT2D eigenvalue weighted by molar-refractivity contribution is -0.117. The van der Waals surface area contributed by atoms with E-state index in [9.17, 15) is 14.4 Å². The molecule has 3 heterocycles. The van der Waals surface area contributed by atoms with Crippen LogP contribution in [0.3, 0.4) is 0 Å². The molecule has 9 heteroatoms. The number of aromatic nitrogens is 1. The fourth-order valence-corrected chi connectivity index (χ4v) is 4.63. The molecule has 2 aliphatic heterocycles. The Labute approximate surface area is 197 Å². The predicted molar refractivity (Wildman–Crippen MR) is 129 cm³/mol. The van der Waals surface area contributed by atoms with Crippen molar-refractivity contribution < 1.29 is 14.4 Å². The van der Waals surface area contributed by atoms with E-state index in [2.05, 4.69) is 10.7 Å². The van der Waals surface area contributed by atoms with Crippen LogP contribution in [0.4, 0.5) is 16.2 Å². The second-order valence-electron chi connectivity index (χ2n) is 8.69. The Bertz CT molecular complexity index is 1300. The first-order chi connectivity index (χ1) is 16.3. The molecule has 0 aliphatic carbocycles. The first kappa shape index (κ1) is 21.7. The highest BCUT2D eigenvalue weighted by atomic mass is 16.2. The van der Waals surface area contributed by atoms with Gasteiger partial charge in [0, 0.05) is 31.5 Å². The number of nitrogens with one attached hydrogen (secondary N) is 2. The lowest BCUT2D eigenvalue weighted by atomic mass is 10.0. The molecule has 174 valence electrons. The lowest BCUT2D eigenvalue weighted by Gasteiger charge is -2.36. The van der Waals surface area contributed by atoms with Crippen LogP contribution in [0.15, 0.2) is 54.7 Å². The number of carbonyl (C=O) groups excluding carboxylic acids is 3. The number of para-hydroxylation sites is 1. The molecule has 1 unspecified atom stereocenters. The lowest BCUT2D eigenvalue weighted by Crippen LogP contribution is -2.56. The third kappa shape index (κ3) is 3.32. The summed E-state index contributed by atoms with van der Waals surface area (Å²) < 4.78 is 1.75. The van der Waals surface area contributed by atoms with Crippen LogP contribution < -0.4 is 15.6 Å². The molecule has 34 heavy (non-hydrogen) atoms. The first-order valence-electron chi connectivity index (χ1n) is 11.0. The smallest absolute Gasteiger partial charge is 0.342 e. The maximum atomic E-state index is 13.5. The Morgan fingerprint density at radius 3 is 2.35 bits per heavy atom. The molecule has 0 radical (unpaired) electrons. The number of aryl methyl sites for hydroxylation is 3. The number of amides is 4. The van der Waals surface area contributed by atoms with E-state index in [4.69, 9.17) is 0 Å². The topological polar surface area (TPSA) is 89.9 Å². The van der Waals surface area contributed by atoms with Crippen molar-refractivity contribution in [3.05, 3.63) is 71.5 Å². The minimum Gasteiger partial charge on any atom is -0.344 e. The quantitative estimate of drug-likeness (QED) is 0.629. The number of urea groups is 1. The Hall–Kier alpha value is -4.11. The Morgan fingerprint density at radius 2 is 1.68 bits per heavy atom. The van der Waals surface area contributed by atoms with E-state index in [1.807, 2.05) is 68.6 Å². The molecule has 0 spiro atoms. The highest BCUT2D eigenvalue weighted by Gasteiger charge is 2.49. The van der Waals surface area contributed by atoms with E-state index in [-0.39, 0.29) is 18.4 Å². The van der Waals surface area contributed by atoms with E-state index < -0.39 is 12.3 Å². The van der Waals surface area contributed by atoms with Gasteiger partial charge in [0.05, 0.1) is 5.69 Å². The van der Waals surface area contributed by atoms with Gasteiger partial charge in [-0.05, 0) is 30.5 Å². The fourth-order valence-electron chi connectivity index (χ4n) is 4.63. The number of nitrogens with zero attached hydrogens (tertiary/aromatic N) is 4. The summed E-state index contributed by atoms with van der Waals surface area (Å²) in [4.78, 5) is 42.6. The van der Waals surface area contributed by atoms with Crippen molar-refractivity contribution in [1.82, 2.24) is 19.9 Å². The third-order valence-corrected chi connectivity index (χ3v) is 6.37. The van der Waals surface area contributed by atoms with Gasteiger partial charge in [-0.2, -0.15) is 5.43 Å². The van der Waals surface area contributed by atoms with E-state index in [1.165, 1.54) is 9.91 Å². The van der Waals surface area contributed by atoms with Gasteiger partial charge in [0.2, 0.25) is 5.91 Å². The van der Waals surface area contributed by atoms with Crippen molar-refractivity contribution >= 4 is 29.2 Å². The van der Waals surface area contributed by atoms with E-state index in [0.717, 1.165) is 27.9 Å². The van der Waals surface area contributed by atoms with Gasteiger partial charge in [-0.15, -0.1) is 0 Å². The highest BCUT2D eigenvalue weighted by molar-refractivity contribution is 6.12. The summed E-state index contributed by atoms with van der Waals surface area (Å²) in [5, 5.41) is 4.17. The standard InChI is InChI=1S/C25H26N6O3/c1-15-9-8-10-16(2)20(15)26-19(32)14-30-25(34)31-21-18(17-11-6-5-7-12-17)13-28(3)22(21)23(33)29(4)24(31)27-30/h5-13,24,27H,14H2,1-4H3,(H,26,32). The van der Waals surface area contributed by atoms with Crippen LogP contribution in [0.5, 0.6) is 0 Å². The Kier molecular flexibility index (Phi) is 5.13. The maximum Gasteiger partial charge on any atom is 0.342 e. The van der Waals surface area contributed by atoms with Gasteiger partial charge in [-0.25, -0.2) is 9.80 Å². The van der Waals surface area contributed by atoms with Crippen molar-refractivity contribution in [2.45, 2.75) is 20.1 Å². The van der Waals surface area contributed by atoms with Crippen LogP contribution in [0.1, 0.15) is 21.6 Å². The van der Waals surface area contributed by atoms with Crippen LogP contribution >= 0.6 is 0 Å². The van der Waals surface area contributed by atoms with E-state index in [1.54, 1.807) is 23.6 Å². The molecular weight excluding hydrogens is 432 g/mol. The fraction of sp³-hybridized carbons (Fsp3) is 0.240. The van der Waals surface area contributed by atoms with Crippen molar-refractivity contribution in [1.29, 1.82) is 0 Å². The first-order valence-corrected chi connectivity index (χ1v) is 11.0. The summed E-state index contributed by atoms with van der Waals surface area (Å²) in [6.45, 7) is 3.64. The van der Waals surface area contributed by atoms with Gasteiger partial charge in [-0.1, -0.05) is 48.5 Å². The molecule has 1 saturated heterocycles. The average Bonchev–Trinajstić information content (AvgIpc) is 3.32. The third-order valence-electron chi connectivity index (χ3n) is 6.37. The monoisotopic (exact) mass is 458 g/mol. The van der Waals surface area contributed by atoms with Crippen LogP contribution in [0.2, 0.25) is 0 Å². The Balaban J connectivity index is 1.47. The van der Waals surface area contributed by atoms with Gasteiger partial charge in [0.25, 0.3) is 5.91 Å². The summed E-state index contributed by atoms with van der Waals surface area (Å²) >= 11 is 0. The molecule has 5 rings (SSSR count). The van der Waals surface area contributed by atoms with Crippen molar-refractivity contribution in [3.63, 3.8) is 0 Å². The summed E-state index contributed by atoms with van der Waals surface area (Å²) in [6.07, 6.45) is 1.13. The molecule has 2 aliphatic rings. The summed E-state index contributed by atoms with van der Waals surface area (Å²) in [7, 11) is 3.43. The number of fused-ring (bicyclic) bond motifs is 3.